The second-order valence-corrected chi connectivity index (χ2v) is 8.39. The van der Waals surface area contributed by atoms with Crippen molar-refractivity contribution in [1.29, 1.82) is 0 Å². The van der Waals surface area contributed by atoms with Gasteiger partial charge in [0.05, 0.1) is 21.2 Å². The molecule has 27 heavy (non-hydrogen) atoms. The van der Waals surface area contributed by atoms with Crippen molar-refractivity contribution in [1.82, 2.24) is 9.78 Å². The molecule has 0 aliphatic carbocycles. The summed E-state index contributed by atoms with van der Waals surface area (Å²) in [5, 5.41) is 15.8. The molecule has 0 atom stereocenters. The highest BCUT2D eigenvalue weighted by atomic mass is 35.5. The van der Waals surface area contributed by atoms with Crippen LogP contribution in [0.4, 0.5) is 5.69 Å². The molecule has 3 rings (SSSR count). The highest BCUT2D eigenvalue weighted by molar-refractivity contribution is 7.90. The first-order valence-electron chi connectivity index (χ1n) is 8.04. The maximum atomic E-state index is 11.6. The number of sulfone groups is 1. The second kappa shape index (κ2) is 7.13. The van der Waals surface area contributed by atoms with Crippen molar-refractivity contribution < 1.29 is 13.3 Å². The van der Waals surface area contributed by atoms with E-state index in [1.807, 2.05) is 6.92 Å². The molecule has 0 unspecified atom stereocenters. The van der Waals surface area contributed by atoms with E-state index in [2.05, 4.69) is 5.10 Å². The number of rotatable bonds is 5. The van der Waals surface area contributed by atoms with E-state index in [0.29, 0.717) is 28.9 Å². The Morgan fingerprint density at radius 2 is 1.81 bits per heavy atom. The average Bonchev–Trinajstić information content (AvgIpc) is 3.02. The van der Waals surface area contributed by atoms with Crippen LogP contribution in [-0.4, -0.2) is 29.4 Å². The van der Waals surface area contributed by atoms with Gasteiger partial charge in [0.1, 0.15) is 0 Å². The fourth-order valence-electron chi connectivity index (χ4n) is 2.78. The number of nitro benzene ring substituents is 1. The molecule has 0 aliphatic rings. The van der Waals surface area contributed by atoms with Crippen molar-refractivity contribution >= 4 is 27.1 Å². The molecule has 0 radical (unpaired) electrons. The van der Waals surface area contributed by atoms with E-state index < -0.39 is 14.8 Å². The van der Waals surface area contributed by atoms with Crippen molar-refractivity contribution in [3.63, 3.8) is 0 Å². The lowest BCUT2D eigenvalue weighted by molar-refractivity contribution is -0.385. The van der Waals surface area contributed by atoms with Gasteiger partial charge in [-0.05, 0) is 24.6 Å². The molecule has 7 nitrogen and oxygen atoms in total. The van der Waals surface area contributed by atoms with Gasteiger partial charge in [0, 0.05) is 29.5 Å². The monoisotopic (exact) mass is 405 g/mol. The minimum absolute atomic E-state index is 0.0139. The van der Waals surface area contributed by atoms with Crippen LogP contribution < -0.4 is 0 Å². The number of aryl methyl sites for hydroxylation is 1. The number of hydrogen-bond acceptors (Lipinski definition) is 5. The Balaban J connectivity index is 2.12. The van der Waals surface area contributed by atoms with Gasteiger partial charge in [-0.25, -0.2) is 13.1 Å². The minimum atomic E-state index is -3.31. The zero-order valence-corrected chi connectivity index (χ0v) is 16.2. The summed E-state index contributed by atoms with van der Waals surface area (Å²) >= 11 is 6.07. The topological polar surface area (TPSA) is 95.1 Å². The number of aromatic nitrogens is 2. The molecule has 3 aromatic rings. The maximum absolute atomic E-state index is 11.6. The van der Waals surface area contributed by atoms with Gasteiger partial charge in [0.15, 0.2) is 15.0 Å². The molecule has 0 amide bonds. The zero-order valence-electron chi connectivity index (χ0n) is 14.6. The van der Waals surface area contributed by atoms with Gasteiger partial charge in [-0.2, -0.15) is 5.10 Å². The van der Waals surface area contributed by atoms with Gasteiger partial charge in [-0.15, -0.1) is 0 Å². The van der Waals surface area contributed by atoms with Crippen LogP contribution in [-0.2, 0) is 16.3 Å². The van der Waals surface area contributed by atoms with Crippen molar-refractivity contribution in [2.45, 2.75) is 18.2 Å². The largest absolute Gasteiger partial charge is 0.274 e. The summed E-state index contributed by atoms with van der Waals surface area (Å²) in [6.07, 6.45) is 1.67. The SMILES string of the molecule is CCc1ccc(-n2nc(Cl)cc2-c2ccc(S(C)(=O)=O)cc2)cc1[N+](=O)[O-]. The minimum Gasteiger partial charge on any atom is -0.258 e. The van der Waals surface area contributed by atoms with Crippen LogP contribution >= 0.6 is 11.6 Å². The van der Waals surface area contributed by atoms with Crippen molar-refractivity contribution in [3.8, 4) is 16.9 Å². The third kappa shape index (κ3) is 3.86. The third-order valence-corrected chi connectivity index (χ3v) is 5.46. The number of halogens is 1. The Morgan fingerprint density at radius 3 is 2.37 bits per heavy atom. The van der Waals surface area contributed by atoms with E-state index in [0.717, 1.165) is 6.26 Å². The fourth-order valence-corrected chi connectivity index (χ4v) is 3.59. The molecular formula is C18H16ClN3O4S. The molecule has 9 heteroatoms. The lowest BCUT2D eigenvalue weighted by atomic mass is 10.1. The van der Waals surface area contributed by atoms with E-state index in [4.69, 9.17) is 11.6 Å². The first-order chi connectivity index (χ1) is 12.7. The summed E-state index contributed by atoms with van der Waals surface area (Å²) in [4.78, 5) is 11.1. The highest BCUT2D eigenvalue weighted by Gasteiger charge is 2.17. The number of nitro groups is 1. The van der Waals surface area contributed by atoms with E-state index in [1.165, 1.54) is 22.9 Å². The van der Waals surface area contributed by atoms with Gasteiger partial charge in [0.25, 0.3) is 5.69 Å². The molecule has 2 aromatic carbocycles. The summed E-state index contributed by atoms with van der Waals surface area (Å²) in [6, 6.07) is 12.8. The Labute approximate surface area is 161 Å². The van der Waals surface area contributed by atoms with Crippen LogP contribution in [0.15, 0.2) is 53.4 Å². The molecule has 0 fully saturated rings. The Kier molecular flexibility index (Phi) is 5.03. The van der Waals surface area contributed by atoms with Crippen LogP contribution in [0.3, 0.4) is 0 Å². The molecule has 1 aromatic heterocycles. The van der Waals surface area contributed by atoms with Crippen molar-refractivity contribution in [3.05, 3.63) is 69.4 Å². The molecule has 0 spiro atoms. The number of nitrogens with zero attached hydrogens (tertiary/aromatic N) is 3. The quantitative estimate of drug-likeness (QED) is 0.471. The molecular weight excluding hydrogens is 390 g/mol. The third-order valence-electron chi connectivity index (χ3n) is 4.15. The van der Waals surface area contributed by atoms with Crippen molar-refractivity contribution in [2.24, 2.45) is 0 Å². The molecule has 0 bridgehead atoms. The number of hydrogen-bond donors (Lipinski definition) is 0. The van der Waals surface area contributed by atoms with Crippen LogP contribution in [0, 0.1) is 10.1 Å². The van der Waals surface area contributed by atoms with Gasteiger partial charge >= 0.3 is 0 Å². The fraction of sp³-hybridized carbons (Fsp3) is 0.167. The molecule has 140 valence electrons. The Bertz CT molecular complexity index is 1120. The van der Waals surface area contributed by atoms with Crippen LogP contribution in [0.25, 0.3) is 16.9 Å². The van der Waals surface area contributed by atoms with Crippen LogP contribution in [0.5, 0.6) is 0 Å². The summed E-state index contributed by atoms with van der Waals surface area (Å²) < 4.78 is 24.8. The molecule has 0 saturated carbocycles. The van der Waals surface area contributed by atoms with Crippen molar-refractivity contribution in [2.75, 3.05) is 6.26 Å². The van der Waals surface area contributed by atoms with Gasteiger partial charge < -0.3 is 0 Å². The van der Waals surface area contributed by atoms with E-state index in [9.17, 15) is 18.5 Å². The lowest BCUT2D eigenvalue weighted by Gasteiger charge is -2.09. The normalized spacial score (nSPS) is 11.5. The lowest BCUT2D eigenvalue weighted by Crippen LogP contribution is -2.02. The molecule has 1 heterocycles. The standard InChI is InChI=1S/C18H16ClN3O4S/c1-3-12-4-7-14(10-17(12)22(23)24)21-16(11-18(19)20-21)13-5-8-15(9-6-13)27(2,25)26/h4-11H,3H2,1-2H3. The van der Waals surface area contributed by atoms with Crippen LogP contribution in [0.1, 0.15) is 12.5 Å². The molecule has 0 aliphatic heterocycles. The zero-order chi connectivity index (χ0) is 19.8. The first kappa shape index (κ1) is 19.1. The van der Waals surface area contributed by atoms with Crippen LogP contribution in [0.2, 0.25) is 5.15 Å². The molecule has 0 saturated heterocycles. The van der Waals surface area contributed by atoms with Gasteiger partial charge in [-0.1, -0.05) is 36.7 Å². The van der Waals surface area contributed by atoms with E-state index in [1.54, 1.807) is 30.3 Å². The summed E-state index contributed by atoms with van der Waals surface area (Å²) in [5.41, 5.74) is 2.41. The number of benzene rings is 2. The highest BCUT2D eigenvalue weighted by Crippen LogP contribution is 2.29. The maximum Gasteiger partial charge on any atom is 0.274 e. The summed E-state index contributed by atoms with van der Waals surface area (Å²) in [5.74, 6) is 0. The van der Waals surface area contributed by atoms with E-state index in [-0.39, 0.29) is 15.7 Å². The Hall–Kier alpha value is -2.71. The van der Waals surface area contributed by atoms with Gasteiger partial charge in [-0.3, -0.25) is 10.1 Å². The smallest absolute Gasteiger partial charge is 0.258 e. The summed E-state index contributed by atoms with van der Waals surface area (Å²) in [6.45, 7) is 1.85. The predicted octanol–water partition coefficient (Wildman–Crippen LogP) is 4.07. The van der Waals surface area contributed by atoms with Gasteiger partial charge in [0.2, 0.25) is 0 Å². The first-order valence-corrected chi connectivity index (χ1v) is 10.3. The second-order valence-electron chi connectivity index (χ2n) is 5.98. The Morgan fingerprint density at radius 1 is 1.15 bits per heavy atom. The van der Waals surface area contributed by atoms with E-state index >= 15 is 0 Å². The molecule has 0 N–H and O–H groups in total. The average molecular weight is 406 g/mol. The predicted molar refractivity (Wildman–Crippen MR) is 103 cm³/mol. The summed E-state index contributed by atoms with van der Waals surface area (Å²) in [7, 11) is -3.31.